The van der Waals surface area contributed by atoms with Gasteiger partial charge in [0.05, 0.1) is 5.69 Å². The van der Waals surface area contributed by atoms with Gasteiger partial charge in [-0.25, -0.2) is 4.79 Å². The smallest absolute Gasteiger partial charge is 0.409 e. The molecule has 0 spiro atoms. The highest BCUT2D eigenvalue weighted by Gasteiger charge is 2.27. The summed E-state index contributed by atoms with van der Waals surface area (Å²) in [5, 5.41) is 1.07. The summed E-state index contributed by atoms with van der Waals surface area (Å²) in [7, 11) is 0. The van der Waals surface area contributed by atoms with Crippen LogP contribution in [0.4, 0.5) is 4.79 Å². The Kier molecular flexibility index (Phi) is 4.72. The van der Waals surface area contributed by atoms with Crippen LogP contribution >= 0.6 is 0 Å². The normalized spacial score (nSPS) is 12.0. The van der Waals surface area contributed by atoms with E-state index in [0.29, 0.717) is 5.75 Å². The van der Waals surface area contributed by atoms with E-state index in [0.717, 1.165) is 22.2 Å². The van der Waals surface area contributed by atoms with E-state index in [1.807, 2.05) is 25.3 Å². The molecule has 0 aliphatic rings. The molecule has 0 saturated carbocycles. The number of amides is 1. The molecule has 2 N–H and O–H groups in total. The fourth-order valence-electron chi connectivity index (χ4n) is 3.73. The minimum atomic E-state index is -0.805. The maximum absolute atomic E-state index is 11.2. The number of nitrogens with zero attached hydrogens (tertiary/aromatic N) is 2. The zero-order valence-corrected chi connectivity index (χ0v) is 16.8. The second-order valence-electron chi connectivity index (χ2n) is 8.21. The summed E-state index contributed by atoms with van der Waals surface area (Å²) in [5.41, 5.74) is 10.7. The van der Waals surface area contributed by atoms with Crippen LogP contribution in [-0.4, -0.2) is 15.6 Å². The number of nitrogens with two attached hydrogens (primary N) is 1. The largest absolute Gasteiger partial charge is 0.410 e. The topological polar surface area (TPSA) is 70.1 Å². The molecule has 0 radical (unpaired) electrons. The van der Waals surface area contributed by atoms with Crippen molar-refractivity contribution < 1.29 is 9.53 Å². The van der Waals surface area contributed by atoms with Gasteiger partial charge in [0.1, 0.15) is 5.75 Å². The van der Waals surface area contributed by atoms with E-state index < -0.39 is 6.09 Å². The van der Waals surface area contributed by atoms with E-state index in [1.165, 1.54) is 11.3 Å². The lowest BCUT2D eigenvalue weighted by atomic mass is 9.95. The van der Waals surface area contributed by atoms with Gasteiger partial charge >= 0.3 is 6.09 Å². The maximum Gasteiger partial charge on any atom is 0.409 e. The van der Waals surface area contributed by atoms with Crippen molar-refractivity contribution in [3.05, 3.63) is 47.8 Å². The lowest BCUT2D eigenvalue weighted by Gasteiger charge is -2.27. The molecule has 2 heterocycles. The van der Waals surface area contributed by atoms with Crippen LogP contribution in [-0.2, 0) is 5.54 Å². The number of aryl methyl sites for hydroxylation is 1. The number of primary amides is 1. The number of carbonyl (C=O) groups is 1. The average Bonchev–Trinajstić information content (AvgIpc) is 2.89. The van der Waals surface area contributed by atoms with E-state index in [-0.39, 0.29) is 11.5 Å². The Morgan fingerprint density at radius 2 is 1.89 bits per heavy atom. The summed E-state index contributed by atoms with van der Waals surface area (Å²) in [4.78, 5) is 15.6. The third-order valence-electron chi connectivity index (χ3n) is 4.61. The third kappa shape index (κ3) is 3.54. The molecule has 142 valence electrons. The standard InChI is InChI=1S/C22H27N3O2/c1-13(2)19-17-12-16(27-21(23)26)7-8-18(17)25(22(4,5)6)20(19)15-9-10-24-14(3)11-15/h7-13H,1-6H3,(H2,23,26). The van der Waals surface area contributed by atoms with E-state index in [1.54, 1.807) is 6.07 Å². The first-order valence-electron chi connectivity index (χ1n) is 9.18. The van der Waals surface area contributed by atoms with Crippen molar-refractivity contribution in [1.82, 2.24) is 9.55 Å². The third-order valence-corrected chi connectivity index (χ3v) is 4.61. The van der Waals surface area contributed by atoms with E-state index in [4.69, 9.17) is 10.5 Å². The number of pyridine rings is 1. The van der Waals surface area contributed by atoms with Crippen LogP contribution in [0, 0.1) is 6.92 Å². The second-order valence-corrected chi connectivity index (χ2v) is 8.21. The molecule has 0 unspecified atom stereocenters. The Bertz CT molecular complexity index is 1010. The zero-order valence-electron chi connectivity index (χ0n) is 16.8. The van der Waals surface area contributed by atoms with Crippen LogP contribution < -0.4 is 10.5 Å². The van der Waals surface area contributed by atoms with Gasteiger partial charge in [-0.2, -0.15) is 0 Å². The summed E-state index contributed by atoms with van der Waals surface area (Å²) < 4.78 is 7.50. The van der Waals surface area contributed by atoms with Crippen molar-refractivity contribution in [2.24, 2.45) is 5.73 Å². The van der Waals surface area contributed by atoms with Gasteiger partial charge in [0.25, 0.3) is 0 Å². The quantitative estimate of drug-likeness (QED) is 0.680. The fourth-order valence-corrected chi connectivity index (χ4v) is 3.73. The second kappa shape index (κ2) is 6.72. The highest BCUT2D eigenvalue weighted by molar-refractivity contribution is 5.94. The molecule has 3 aromatic rings. The minimum absolute atomic E-state index is 0.135. The average molecular weight is 365 g/mol. The van der Waals surface area contributed by atoms with Gasteiger partial charge in [-0.15, -0.1) is 0 Å². The van der Waals surface area contributed by atoms with Crippen LogP contribution in [0.5, 0.6) is 5.75 Å². The molecule has 0 atom stereocenters. The predicted molar refractivity (Wildman–Crippen MR) is 109 cm³/mol. The first kappa shape index (κ1) is 19.0. The van der Waals surface area contributed by atoms with E-state index in [2.05, 4.69) is 56.3 Å². The molecule has 0 bridgehead atoms. The van der Waals surface area contributed by atoms with Crippen molar-refractivity contribution in [3.63, 3.8) is 0 Å². The summed E-state index contributed by atoms with van der Waals surface area (Å²) >= 11 is 0. The lowest BCUT2D eigenvalue weighted by molar-refractivity contribution is 0.211. The van der Waals surface area contributed by atoms with Crippen molar-refractivity contribution in [2.45, 2.75) is 53.0 Å². The highest BCUT2D eigenvalue weighted by Crippen LogP contribution is 2.42. The number of rotatable bonds is 3. The number of carbonyl (C=O) groups excluding carboxylic acids is 1. The molecule has 3 rings (SSSR count). The van der Waals surface area contributed by atoms with Crippen LogP contribution in [0.15, 0.2) is 36.5 Å². The zero-order chi connectivity index (χ0) is 19.9. The molecular weight excluding hydrogens is 338 g/mol. The van der Waals surface area contributed by atoms with Gasteiger partial charge in [-0.1, -0.05) is 13.8 Å². The monoisotopic (exact) mass is 365 g/mol. The molecule has 2 aromatic heterocycles. The summed E-state index contributed by atoms with van der Waals surface area (Å²) in [6, 6.07) is 9.87. The lowest BCUT2D eigenvalue weighted by Crippen LogP contribution is -2.22. The van der Waals surface area contributed by atoms with Gasteiger partial charge in [0.15, 0.2) is 0 Å². The molecule has 0 aliphatic carbocycles. The molecule has 1 aromatic carbocycles. The fraction of sp³-hybridized carbons (Fsp3) is 0.364. The number of aromatic nitrogens is 2. The van der Waals surface area contributed by atoms with Gasteiger partial charge in [0.2, 0.25) is 0 Å². The van der Waals surface area contributed by atoms with Crippen LogP contribution in [0.25, 0.3) is 22.2 Å². The first-order chi connectivity index (χ1) is 12.6. The van der Waals surface area contributed by atoms with Gasteiger partial charge < -0.3 is 15.0 Å². The highest BCUT2D eigenvalue weighted by atomic mass is 16.5. The Balaban J connectivity index is 2.44. The van der Waals surface area contributed by atoms with Crippen molar-refractivity contribution in [2.75, 3.05) is 0 Å². The van der Waals surface area contributed by atoms with Gasteiger partial charge in [-0.3, -0.25) is 4.98 Å². The maximum atomic E-state index is 11.2. The molecule has 1 amide bonds. The van der Waals surface area contributed by atoms with E-state index >= 15 is 0 Å². The Hall–Kier alpha value is -2.82. The molecule has 27 heavy (non-hydrogen) atoms. The number of hydrogen-bond donors (Lipinski definition) is 1. The Morgan fingerprint density at radius 3 is 2.44 bits per heavy atom. The number of benzene rings is 1. The van der Waals surface area contributed by atoms with Gasteiger partial charge in [0, 0.05) is 33.9 Å². The number of fused-ring (bicyclic) bond motifs is 1. The van der Waals surface area contributed by atoms with Crippen LogP contribution in [0.1, 0.15) is 51.8 Å². The molecule has 0 fully saturated rings. The molecule has 5 heteroatoms. The van der Waals surface area contributed by atoms with Crippen molar-refractivity contribution in [3.8, 4) is 17.0 Å². The first-order valence-corrected chi connectivity index (χ1v) is 9.18. The van der Waals surface area contributed by atoms with Crippen LogP contribution in [0.2, 0.25) is 0 Å². The Morgan fingerprint density at radius 1 is 1.19 bits per heavy atom. The van der Waals surface area contributed by atoms with Crippen LogP contribution in [0.3, 0.4) is 0 Å². The van der Waals surface area contributed by atoms with Crippen molar-refractivity contribution >= 4 is 17.0 Å². The molecule has 0 saturated heterocycles. The minimum Gasteiger partial charge on any atom is -0.410 e. The summed E-state index contributed by atoms with van der Waals surface area (Å²) in [6.07, 6.45) is 1.04. The van der Waals surface area contributed by atoms with E-state index in [9.17, 15) is 4.79 Å². The Labute approximate surface area is 160 Å². The SMILES string of the molecule is Cc1cc(-c2c(C(C)C)c3cc(OC(N)=O)ccc3n2C(C)(C)C)ccn1. The number of hydrogen-bond acceptors (Lipinski definition) is 3. The molecule has 5 nitrogen and oxygen atoms in total. The molecular formula is C22H27N3O2. The summed E-state index contributed by atoms with van der Waals surface area (Å²) in [6.45, 7) is 13.0. The summed E-state index contributed by atoms with van der Waals surface area (Å²) in [5.74, 6) is 0.740. The predicted octanol–water partition coefficient (Wildman–Crippen LogP) is 5.35. The molecule has 0 aliphatic heterocycles. The number of ether oxygens (including phenoxy) is 1. The van der Waals surface area contributed by atoms with Crippen molar-refractivity contribution in [1.29, 1.82) is 0 Å². The van der Waals surface area contributed by atoms with Gasteiger partial charge in [-0.05, 0) is 69.5 Å².